The molecule has 3 heteroatoms. The van der Waals surface area contributed by atoms with Crippen LogP contribution >= 0.6 is 0 Å². The summed E-state index contributed by atoms with van der Waals surface area (Å²) in [5.41, 5.74) is 4.12. The van der Waals surface area contributed by atoms with Crippen molar-refractivity contribution in [3.63, 3.8) is 0 Å². The smallest absolute Gasteiger partial charge is 0.311 e. The molecule has 0 aliphatic rings. The van der Waals surface area contributed by atoms with Gasteiger partial charge in [-0.2, -0.15) is 0 Å². The molecule has 0 saturated heterocycles. The van der Waals surface area contributed by atoms with Gasteiger partial charge in [-0.05, 0) is 60.1 Å². The number of benzene rings is 2. The molecule has 2 rings (SSSR count). The molecular formula is C22H28O3. The number of hydrogen-bond donors (Lipinski definition) is 1. The second-order valence-corrected chi connectivity index (χ2v) is 6.86. The lowest BCUT2D eigenvalue weighted by molar-refractivity contribution is -0.138. The molecule has 0 bridgehead atoms. The highest BCUT2D eigenvalue weighted by molar-refractivity contribution is 5.77. The first-order chi connectivity index (χ1) is 11.9. The van der Waals surface area contributed by atoms with Gasteiger partial charge in [-0.3, -0.25) is 4.79 Å². The van der Waals surface area contributed by atoms with Crippen LogP contribution < -0.4 is 4.74 Å². The summed E-state index contributed by atoms with van der Waals surface area (Å²) < 4.78 is 5.64. The van der Waals surface area contributed by atoms with Gasteiger partial charge in [0.2, 0.25) is 0 Å². The largest absolute Gasteiger partial charge is 0.494 e. The van der Waals surface area contributed by atoms with E-state index >= 15 is 0 Å². The van der Waals surface area contributed by atoms with Crippen molar-refractivity contribution in [2.45, 2.75) is 52.4 Å². The van der Waals surface area contributed by atoms with E-state index in [-0.39, 0.29) is 0 Å². The third kappa shape index (κ3) is 5.09. The monoisotopic (exact) mass is 340 g/mol. The zero-order valence-electron chi connectivity index (χ0n) is 15.6. The number of hydrogen-bond acceptors (Lipinski definition) is 2. The standard InChI is InChI=1S/C22H28O3/c1-5-12-25-19-10-11-20(16(4)13-19)21(22(23)24)14-17-6-8-18(9-7-17)15(2)3/h6-11,13,15,21H,5,12,14H2,1-4H3,(H,23,24). The van der Waals surface area contributed by atoms with Crippen LogP contribution in [0, 0.1) is 6.92 Å². The van der Waals surface area contributed by atoms with Crippen molar-refractivity contribution in [2.75, 3.05) is 6.61 Å². The Labute approximate surface area is 150 Å². The van der Waals surface area contributed by atoms with Crippen molar-refractivity contribution in [3.8, 4) is 5.75 Å². The van der Waals surface area contributed by atoms with Gasteiger partial charge in [-0.15, -0.1) is 0 Å². The Balaban J connectivity index is 2.21. The molecule has 0 spiro atoms. The van der Waals surface area contributed by atoms with Crippen molar-refractivity contribution in [2.24, 2.45) is 0 Å². The minimum absolute atomic E-state index is 0.474. The lowest BCUT2D eigenvalue weighted by atomic mass is 9.88. The van der Waals surface area contributed by atoms with Crippen molar-refractivity contribution in [1.82, 2.24) is 0 Å². The van der Waals surface area contributed by atoms with E-state index in [1.165, 1.54) is 5.56 Å². The van der Waals surface area contributed by atoms with Gasteiger partial charge in [0.05, 0.1) is 12.5 Å². The Morgan fingerprint density at radius 1 is 1.12 bits per heavy atom. The molecule has 25 heavy (non-hydrogen) atoms. The van der Waals surface area contributed by atoms with Crippen molar-refractivity contribution in [3.05, 3.63) is 64.7 Å². The maximum Gasteiger partial charge on any atom is 0.311 e. The van der Waals surface area contributed by atoms with Crippen LogP contribution in [0.3, 0.4) is 0 Å². The molecular weight excluding hydrogens is 312 g/mol. The maximum atomic E-state index is 11.9. The van der Waals surface area contributed by atoms with Gasteiger partial charge in [-0.25, -0.2) is 0 Å². The SMILES string of the molecule is CCCOc1ccc(C(Cc2ccc(C(C)C)cc2)C(=O)O)c(C)c1. The maximum absolute atomic E-state index is 11.9. The minimum atomic E-state index is -0.793. The summed E-state index contributed by atoms with van der Waals surface area (Å²) in [5, 5.41) is 9.73. The van der Waals surface area contributed by atoms with Gasteiger partial charge in [-0.1, -0.05) is 51.1 Å². The number of carboxylic acids is 1. The quantitative estimate of drug-likeness (QED) is 0.707. The highest BCUT2D eigenvalue weighted by Crippen LogP contribution is 2.28. The Kier molecular flexibility index (Phi) is 6.63. The van der Waals surface area contributed by atoms with Gasteiger partial charge >= 0.3 is 5.97 Å². The second kappa shape index (κ2) is 8.70. The van der Waals surface area contributed by atoms with Crippen LogP contribution in [0.5, 0.6) is 5.75 Å². The summed E-state index contributed by atoms with van der Waals surface area (Å²) in [6.07, 6.45) is 1.44. The van der Waals surface area contributed by atoms with Gasteiger partial charge in [0.1, 0.15) is 5.75 Å². The number of carboxylic acid groups (broad SMARTS) is 1. The van der Waals surface area contributed by atoms with Crippen molar-refractivity contribution in [1.29, 1.82) is 0 Å². The van der Waals surface area contributed by atoms with Gasteiger partial charge in [0.25, 0.3) is 0 Å². The molecule has 2 aromatic carbocycles. The first-order valence-corrected chi connectivity index (χ1v) is 8.97. The highest BCUT2D eigenvalue weighted by Gasteiger charge is 2.22. The summed E-state index contributed by atoms with van der Waals surface area (Å²) in [4.78, 5) is 11.9. The van der Waals surface area contributed by atoms with Crippen molar-refractivity contribution < 1.29 is 14.6 Å². The van der Waals surface area contributed by atoms with Crippen LogP contribution in [-0.2, 0) is 11.2 Å². The Morgan fingerprint density at radius 2 is 1.80 bits per heavy atom. The molecule has 0 heterocycles. The Hall–Kier alpha value is -2.29. The predicted molar refractivity (Wildman–Crippen MR) is 102 cm³/mol. The van der Waals surface area contributed by atoms with E-state index in [0.717, 1.165) is 28.9 Å². The second-order valence-electron chi connectivity index (χ2n) is 6.86. The zero-order valence-corrected chi connectivity index (χ0v) is 15.6. The first kappa shape index (κ1) is 19.0. The average Bonchev–Trinajstić information content (AvgIpc) is 2.58. The molecule has 0 saturated carbocycles. The summed E-state index contributed by atoms with van der Waals surface area (Å²) in [5.74, 6) is -0.0702. The molecule has 1 unspecified atom stereocenters. The molecule has 0 aliphatic carbocycles. The summed E-state index contributed by atoms with van der Waals surface area (Å²) >= 11 is 0. The number of rotatable bonds is 8. The van der Waals surface area contributed by atoms with E-state index in [9.17, 15) is 9.90 Å². The summed E-state index contributed by atoms with van der Waals surface area (Å²) in [6, 6.07) is 14.0. The van der Waals surface area contributed by atoms with E-state index < -0.39 is 11.9 Å². The zero-order chi connectivity index (χ0) is 18.4. The average molecular weight is 340 g/mol. The summed E-state index contributed by atoms with van der Waals surface area (Å²) in [6.45, 7) is 8.99. The van der Waals surface area contributed by atoms with E-state index in [2.05, 4.69) is 32.9 Å². The van der Waals surface area contributed by atoms with E-state index in [0.29, 0.717) is 18.9 Å². The molecule has 0 aromatic heterocycles. The van der Waals surface area contributed by atoms with Crippen LogP contribution in [0.15, 0.2) is 42.5 Å². The molecule has 0 fully saturated rings. The fourth-order valence-corrected chi connectivity index (χ4v) is 2.95. The Morgan fingerprint density at radius 3 is 2.32 bits per heavy atom. The van der Waals surface area contributed by atoms with Crippen LogP contribution in [0.4, 0.5) is 0 Å². The van der Waals surface area contributed by atoms with Crippen LogP contribution in [0.2, 0.25) is 0 Å². The van der Waals surface area contributed by atoms with Crippen LogP contribution in [-0.4, -0.2) is 17.7 Å². The summed E-state index contributed by atoms with van der Waals surface area (Å²) in [7, 11) is 0. The molecule has 2 aromatic rings. The van der Waals surface area contributed by atoms with Gasteiger partial charge < -0.3 is 9.84 Å². The normalized spacial score (nSPS) is 12.2. The highest BCUT2D eigenvalue weighted by atomic mass is 16.5. The third-order valence-electron chi connectivity index (χ3n) is 4.47. The molecule has 0 aliphatic heterocycles. The number of aliphatic carboxylic acids is 1. The molecule has 1 N–H and O–H groups in total. The van der Waals surface area contributed by atoms with Crippen LogP contribution in [0.25, 0.3) is 0 Å². The lowest BCUT2D eigenvalue weighted by Crippen LogP contribution is -2.16. The predicted octanol–water partition coefficient (Wildman–Crippen LogP) is 5.32. The molecule has 3 nitrogen and oxygen atoms in total. The molecule has 134 valence electrons. The number of carbonyl (C=O) groups is 1. The third-order valence-corrected chi connectivity index (χ3v) is 4.47. The van der Waals surface area contributed by atoms with E-state index in [1.54, 1.807) is 0 Å². The number of aryl methyl sites for hydroxylation is 1. The molecule has 1 atom stereocenters. The topological polar surface area (TPSA) is 46.5 Å². The fourth-order valence-electron chi connectivity index (χ4n) is 2.95. The minimum Gasteiger partial charge on any atom is -0.494 e. The van der Waals surface area contributed by atoms with Crippen LogP contribution in [0.1, 0.15) is 61.3 Å². The first-order valence-electron chi connectivity index (χ1n) is 8.97. The molecule has 0 amide bonds. The van der Waals surface area contributed by atoms with Gasteiger partial charge in [0.15, 0.2) is 0 Å². The molecule has 0 radical (unpaired) electrons. The van der Waals surface area contributed by atoms with Gasteiger partial charge in [0, 0.05) is 0 Å². The van der Waals surface area contributed by atoms with E-state index in [1.807, 2.05) is 37.3 Å². The van der Waals surface area contributed by atoms with E-state index in [4.69, 9.17) is 4.74 Å². The lowest BCUT2D eigenvalue weighted by Gasteiger charge is -2.17. The Bertz CT molecular complexity index is 702. The van der Waals surface area contributed by atoms with Crippen molar-refractivity contribution >= 4 is 5.97 Å². The number of ether oxygens (including phenoxy) is 1. The fraction of sp³-hybridized carbons (Fsp3) is 0.409.